The molecule has 0 aromatic carbocycles. The summed E-state index contributed by atoms with van der Waals surface area (Å²) in [6, 6.07) is 0. The van der Waals surface area contributed by atoms with Gasteiger partial charge in [0.15, 0.2) is 0 Å². The van der Waals surface area contributed by atoms with Crippen molar-refractivity contribution in [1.29, 1.82) is 0 Å². The molecule has 1 aromatic rings. The molecule has 0 bridgehead atoms. The van der Waals surface area contributed by atoms with Crippen molar-refractivity contribution >= 4 is 5.82 Å². The molecule has 1 unspecified atom stereocenters. The third kappa shape index (κ3) is 2.69. The highest BCUT2D eigenvalue weighted by Gasteiger charge is 2.14. The lowest BCUT2D eigenvalue weighted by molar-refractivity contribution is 0.0594. The molecule has 1 aromatic heterocycles. The fourth-order valence-corrected chi connectivity index (χ4v) is 1.68. The molecule has 0 radical (unpaired) electrons. The summed E-state index contributed by atoms with van der Waals surface area (Å²) in [5, 5.41) is 8.71. The molecule has 1 atom stereocenters. The van der Waals surface area contributed by atoms with Crippen LogP contribution < -0.4 is 16.6 Å². The summed E-state index contributed by atoms with van der Waals surface area (Å²) in [5.74, 6) is 0.534. The Balaban J connectivity index is 1.93. The van der Waals surface area contributed by atoms with Gasteiger partial charge in [-0.1, -0.05) is 0 Å². The number of aromatic nitrogens is 3. The van der Waals surface area contributed by atoms with Gasteiger partial charge in [-0.3, -0.25) is 9.78 Å². The highest BCUT2D eigenvalue weighted by atomic mass is 16.5. The zero-order valence-electron chi connectivity index (χ0n) is 8.78. The SMILES string of the molecule is O=c1[nH]nc(NCC2CCCOC2)c(=O)[nH]1. The van der Waals surface area contributed by atoms with Gasteiger partial charge in [-0.15, -0.1) is 5.10 Å². The molecular weight excluding hydrogens is 212 g/mol. The third-order valence-corrected chi connectivity index (χ3v) is 2.52. The summed E-state index contributed by atoms with van der Waals surface area (Å²) in [6.07, 6.45) is 2.12. The molecule has 0 saturated carbocycles. The monoisotopic (exact) mass is 226 g/mol. The summed E-state index contributed by atoms with van der Waals surface area (Å²) >= 11 is 0. The molecule has 2 rings (SSSR count). The minimum Gasteiger partial charge on any atom is -0.381 e. The van der Waals surface area contributed by atoms with Crippen LogP contribution in [0.4, 0.5) is 5.82 Å². The first kappa shape index (κ1) is 10.9. The van der Waals surface area contributed by atoms with Crippen molar-refractivity contribution in [2.75, 3.05) is 25.1 Å². The van der Waals surface area contributed by atoms with Crippen LogP contribution >= 0.6 is 0 Å². The van der Waals surface area contributed by atoms with E-state index in [-0.39, 0.29) is 5.82 Å². The molecule has 88 valence electrons. The maximum atomic E-state index is 11.3. The fourth-order valence-electron chi connectivity index (χ4n) is 1.68. The number of aromatic amines is 2. The zero-order valence-corrected chi connectivity index (χ0v) is 8.78. The molecule has 1 aliphatic heterocycles. The number of H-pyrrole nitrogens is 2. The number of nitrogens with one attached hydrogen (secondary N) is 3. The number of hydrogen-bond donors (Lipinski definition) is 3. The number of hydrogen-bond acceptors (Lipinski definition) is 5. The summed E-state index contributed by atoms with van der Waals surface area (Å²) in [5.41, 5.74) is -1.10. The molecule has 2 heterocycles. The Labute approximate surface area is 91.2 Å². The summed E-state index contributed by atoms with van der Waals surface area (Å²) < 4.78 is 5.32. The van der Waals surface area contributed by atoms with Crippen LogP contribution in [0, 0.1) is 5.92 Å². The van der Waals surface area contributed by atoms with Gasteiger partial charge in [0.2, 0.25) is 5.82 Å². The van der Waals surface area contributed by atoms with Crippen LogP contribution in [0.1, 0.15) is 12.8 Å². The quantitative estimate of drug-likeness (QED) is 0.632. The van der Waals surface area contributed by atoms with Gasteiger partial charge in [0, 0.05) is 13.2 Å². The van der Waals surface area contributed by atoms with Crippen molar-refractivity contribution in [1.82, 2.24) is 15.2 Å². The lowest BCUT2D eigenvalue weighted by Gasteiger charge is -2.21. The van der Waals surface area contributed by atoms with E-state index in [2.05, 4.69) is 20.5 Å². The number of nitrogens with zero attached hydrogens (tertiary/aromatic N) is 1. The maximum Gasteiger partial charge on any atom is 0.342 e. The van der Waals surface area contributed by atoms with E-state index in [9.17, 15) is 9.59 Å². The van der Waals surface area contributed by atoms with E-state index in [1.165, 1.54) is 0 Å². The lowest BCUT2D eigenvalue weighted by atomic mass is 10.0. The molecule has 0 aliphatic carbocycles. The minimum atomic E-state index is -0.600. The minimum absolute atomic E-state index is 0.144. The highest BCUT2D eigenvalue weighted by Crippen LogP contribution is 2.13. The van der Waals surface area contributed by atoms with Crippen LogP contribution in [0.25, 0.3) is 0 Å². The average Bonchev–Trinajstić information content (AvgIpc) is 2.29. The second-order valence-corrected chi connectivity index (χ2v) is 3.82. The largest absolute Gasteiger partial charge is 0.381 e. The van der Waals surface area contributed by atoms with Crippen LogP contribution in [0.15, 0.2) is 9.59 Å². The Bertz CT molecular complexity index is 447. The van der Waals surface area contributed by atoms with Crippen LogP contribution in [-0.4, -0.2) is 34.9 Å². The average molecular weight is 226 g/mol. The summed E-state index contributed by atoms with van der Waals surface area (Å²) in [4.78, 5) is 24.1. The smallest absolute Gasteiger partial charge is 0.342 e. The van der Waals surface area contributed by atoms with Gasteiger partial charge in [0.05, 0.1) is 6.61 Å². The van der Waals surface area contributed by atoms with Crippen LogP contribution in [0.3, 0.4) is 0 Å². The van der Waals surface area contributed by atoms with Gasteiger partial charge in [0.1, 0.15) is 0 Å². The maximum absolute atomic E-state index is 11.3. The van der Waals surface area contributed by atoms with Gasteiger partial charge in [0.25, 0.3) is 5.56 Å². The molecule has 3 N–H and O–H groups in total. The molecule has 1 fully saturated rings. The second-order valence-electron chi connectivity index (χ2n) is 3.82. The zero-order chi connectivity index (χ0) is 11.4. The molecule has 0 spiro atoms. The van der Waals surface area contributed by atoms with Crippen LogP contribution in [0.5, 0.6) is 0 Å². The predicted octanol–water partition coefficient (Wildman–Crippen LogP) is -0.703. The summed E-state index contributed by atoms with van der Waals surface area (Å²) in [6.45, 7) is 2.14. The molecule has 1 aliphatic rings. The van der Waals surface area contributed by atoms with Gasteiger partial charge in [-0.2, -0.15) is 0 Å². The number of rotatable bonds is 3. The van der Waals surface area contributed by atoms with Crippen LogP contribution in [-0.2, 0) is 4.74 Å². The van der Waals surface area contributed by atoms with E-state index in [4.69, 9.17) is 4.74 Å². The summed E-state index contributed by atoms with van der Waals surface area (Å²) in [7, 11) is 0. The van der Waals surface area contributed by atoms with Crippen molar-refractivity contribution in [3.8, 4) is 0 Å². The van der Waals surface area contributed by atoms with Gasteiger partial charge in [-0.25, -0.2) is 9.89 Å². The highest BCUT2D eigenvalue weighted by molar-refractivity contribution is 5.28. The first-order valence-corrected chi connectivity index (χ1v) is 5.26. The van der Waals surface area contributed by atoms with E-state index in [1.54, 1.807) is 0 Å². The fraction of sp³-hybridized carbons (Fsp3) is 0.667. The Morgan fingerprint density at radius 3 is 3.06 bits per heavy atom. The predicted molar refractivity (Wildman–Crippen MR) is 57.5 cm³/mol. The number of ether oxygens (including phenoxy) is 1. The van der Waals surface area contributed by atoms with E-state index in [1.807, 2.05) is 0 Å². The van der Waals surface area contributed by atoms with Gasteiger partial charge < -0.3 is 10.1 Å². The second kappa shape index (κ2) is 4.93. The van der Waals surface area contributed by atoms with Crippen molar-refractivity contribution in [3.05, 3.63) is 20.8 Å². The third-order valence-electron chi connectivity index (χ3n) is 2.52. The molecule has 16 heavy (non-hydrogen) atoms. The van der Waals surface area contributed by atoms with E-state index in [0.29, 0.717) is 19.1 Å². The van der Waals surface area contributed by atoms with Gasteiger partial charge >= 0.3 is 5.69 Å². The molecule has 1 saturated heterocycles. The molecule has 7 heteroatoms. The Hall–Kier alpha value is -1.63. The van der Waals surface area contributed by atoms with Crippen LogP contribution in [0.2, 0.25) is 0 Å². The van der Waals surface area contributed by atoms with Gasteiger partial charge in [-0.05, 0) is 18.8 Å². The van der Waals surface area contributed by atoms with Crippen molar-refractivity contribution < 1.29 is 4.74 Å². The Morgan fingerprint density at radius 2 is 2.38 bits per heavy atom. The Morgan fingerprint density at radius 1 is 1.50 bits per heavy atom. The normalized spacial score (nSPS) is 20.6. The van der Waals surface area contributed by atoms with Crippen molar-refractivity contribution in [2.45, 2.75) is 12.8 Å². The van der Waals surface area contributed by atoms with Crippen molar-refractivity contribution in [2.24, 2.45) is 5.92 Å². The first-order chi connectivity index (χ1) is 7.75. The topological polar surface area (TPSA) is 99.9 Å². The van der Waals surface area contributed by atoms with E-state index in [0.717, 1.165) is 19.4 Å². The molecular formula is C9H14N4O3. The van der Waals surface area contributed by atoms with E-state index < -0.39 is 11.2 Å². The molecule has 0 amide bonds. The standard InChI is InChI=1S/C9H14N4O3/c14-8-7(12-13-9(15)11-8)10-4-6-2-1-3-16-5-6/h6H,1-5H2,(H,10,12)(H2,11,13,14,15). The molecule has 7 nitrogen and oxygen atoms in total. The Kier molecular flexibility index (Phi) is 3.35. The number of anilines is 1. The lowest BCUT2D eigenvalue weighted by Crippen LogP contribution is -2.30. The first-order valence-electron chi connectivity index (χ1n) is 5.26. The van der Waals surface area contributed by atoms with E-state index >= 15 is 0 Å². The van der Waals surface area contributed by atoms with Crippen molar-refractivity contribution in [3.63, 3.8) is 0 Å².